The molecule has 0 bridgehead atoms. The van der Waals surface area contributed by atoms with Crippen LogP contribution in [0.25, 0.3) is 94.4 Å². The highest BCUT2D eigenvalue weighted by Crippen LogP contribution is 2.53. The highest BCUT2D eigenvalue weighted by atomic mass is 15.3. The number of nitrogens with zero attached hydrogens (tertiary/aromatic N) is 6. The maximum atomic E-state index is 5.28. The zero-order valence-corrected chi connectivity index (χ0v) is 32.3. The van der Waals surface area contributed by atoms with E-state index in [0.717, 1.165) is 83.3 Å². The van der Waals surface area contributed by atoms with Gasteiger partial charge in [-0.05, 0) is 75.7 Å². The van der Waals surface area contributed by atoms with Crippen LogP contribution < -0.4 is 4.90 Å². The summed E-state index contributed by atoms with van der Waals surface area (Å²) in [7, 11) is 0. The van der Waals surface area contributed by atoms with E-state index < -0.39 is 0 Å². The van der Waals surface area contributed by atoms with Gasteiger partial charge < -0.3 is 0 Å². The average Bonchev–Trinajstić information content (AvgIpc) is 3.65. The molecule has 0 saturated carbocycles. The second kappa shape index (κ2) is 13.7. The molecule has 0 spiro atoms. The highest BCUT2D eigenvalue weighted by molar-refractivity contribution is 6.21. The van der Waals surface area contributed by atoms with Crippen molar-refractivity contribution in [3.63, 3.8) is 0 Å². The minimum Gasteiger partial charge on any atom is -0.278 e. The molecular formula is C54H34N6. The zero-order valence-electron chi connectivity index (χ0n) is 32.3. The number of benzene rings is 8. The molecule has 1 aliphatic rings. The average molecular weight is 767 g/mol. The summed E-state index contributed by atoms with van der Waals surface area (Å²) in [5.41, 5.74) is 14.7. The normalized spacial score (nSPS) is 12.0. The molecule has 0 amide bonds. The van der Waals surface area contributed by atoms with Crippen molar-refractivity contribution in [2.24, 2.45) is 0 Å². The number of rotatable bonds is 6. The molecule has 280 valence electrons. The van der Waals surface area contributed by atoms with Gasteiger partial charge in [-0.15, -0.1) is 0 Å². The van der Waals surface area contributed by atoms with Gasteiger partial charge in [-0.25, -0.2) is 19.9 Å². The van der Waals surface area contributed by atoms with Crippen molar-refractivity contribution in [3.8, 4) is 61.8 Å². The first-order chi connectivity index (χ1) is 29.8. The van der Waals surface area contributed by atoms with Crippen LogP contribution in [0.1, 0.15) is 0 Å². The van der Waals surface area contributed by atoms with Crippen molar-refractivity contribution in [2.75, 3.05) is 4.90 Å². The summed E-state index contributed by atoms with van der Waals surface area (Å²) in [5.74, 6) is 1.19. The lowest BCUT2D eigenvalue weighted by atomic mass is 9.87. The first-order valence-corrected chi connectivity index (χ1v) is 20.1. The summed E-state index contributed by atoms with van der Waals surface area (Å²) in [5, 5.41) is 4.56. The predicted molar refractivity (Wildman–Crippen MR) is 245 cm³/mol. The topological polar surface area (TPSA) is 59.7 Å². The third-order valence-electron chi connectivity index (χ3n) is 11.7. The first kappa shape index (κ1) is 33.9. The molecule has 0 saturated heterocycles. The summed E-state index contributed by atoms with van der Waals surface area (Å²) in [6.45, 7) is 0. The third-order valence-corrected chi connectivity index (χ3v) is 11.7. The van der Waals surface area contributed by atoms with Gasteiger partial charge in [-0.1, -0.05) is 152 Å². The number of fused-ring (bicyclic) bond motifs is 5. The SMILES string of the molecule is c1ccc(-c2ccc3c(c2)c2cc4c(cc2n3-c2nccc(-c3ccccc3)n2)N(c2nccc(-c3ccccc3)n2)c2cccc3c(-c5ccccc5)ccc-4c23)cc1. The monoisotopic (exact) mass is 766 g/mol. The Balaban J connectivity index is 1.18. The minimum atomic E-state index is 0.594. The van der Waals surface area contributed by atoms with E-state index >= 15 is 0 Å². The van der Waals surface area contributed by atoms with Crippen LogP contribution in [-0.4, -0.2) is 24.5 Å². The van der Waals surface area contributed by atoms with Gasteiger partial charge in [0, 0.05) is 45.2 Å². The summed E-state index contributed by atoms with van der Waals surface area (Å²) in [6.07, 6.45) is 3.72. The van der Waals surface area contributed by atoms with Crippen LogP contribution in [0, 0.1) is 0 Å². The van der Waals surface area contributed by atoms with Crippen LogP contribution in [0.15, 0.2) is 207 Å². The van der Waals surface area contributed by atoms with Crippen molar-refractivity contribution < 1.29 is 0 Å². The smallest absolute Gasteiger partial charge is 0.235 e. The van der Waals surface area contributed by atoms with E-state index in [2.05, 4.69) is 155 Å². The summed E-state index contributed by atoms with van der Waals surface area (Å²) in [4.78, 5) is 22.7. The van der Waals surface area contributed by atoms with Crippen molar-refractivity contribution in [2.45, 2.75) is 0 Å². The summed E-state index contributed by atoms with van der Waals surface area (Å²) >= 11 is 0. The number of hydrogen-bond acceptors (Lipinski definition) is 5. The van der Waals surface area contributed by atoms with Gasteiger partial charge in [0.15, 0.2) is 0 Å². The van der Waals surface area contributed by atoms with E-state index in [4.69, 9.17) is 19.9 Å². The Morgan fingerprint density at radius 3 is 1.60 bits per heavy atom. The molecule has 8 aromatic carbocycles. The van der Waals surface area contributed by atoms with Gasteiger partial charge >= 0.3 is 0 Å². The third kappa shape index (κ3) is 5.42. The fourth-order valence-corrected chi connectivity index (χ4v) is 8.95. The zero-order chi connectivity index (χ0) is 39.6. The Hall–Kier alpha value is -8.22. The second-order valence-electron chi connectivity index (χ2n) is 15.1. The molecule has 0 aliphatic carbocycles. The molecule has 1 aliphatic heterocycles. The Morgan fingerprint density at radius 1 is 0.333 bits per heavy atom. The fraction of sp³-hybridized carbons (Fsp3) is 0. The lowest BCUT2D eigenvalue weighted by molar-refractivity contribution is 0.991. The van der Waals surface area contributed by atoms with E-state index in [-0.39, 0.29) is 0 Å². The number of hydrogen-bond donors (Lipinski definition) is 0. The molecule has 0 N–H and O–H groups in total. The van der Waals surface area contributed by atoms with E-state index in [9.17, 15) is 0 Å². The number of aromatic nitrogens is 5. The van der Waals surface area contributed by atoms with E-state index in [1.807, 2.05) is 60.9 Å². The van der Waals surface area contributed by atoms with Gasteiger partial charge in [-0.3, -0.25) is 9.47 Å². The molecular weight excluding hydrogens is 733 g/mol. The quantitative estimate of drug-likeness (QED) is 0.169. The van der Waals surface area contributed by atoms with E-state index in [1.165, 1.54) is 16.5 Å². The molecule has 3 aromatic heterocycles. The van der Waals surface area contributed by atoms with Gasteiger partial charge in [0.1, 0.15) is 0 Å². The first-order valence-electron chi connectivity index (χ1n) is 20.1. The maximum Gasteiger partial charge on any atom is 0.235 e. The van der Waals surface area contributed by atoms with Gasteiger partial charge in [0.05, 0.1) is 33.8 Å². The Kier molecular flexibility index (Phi) is 7.74. The van der Waals surface area contributed by atoms with Gasteiger partial charge in [0.25, 0.3) is 0 Å². The second-order valence-corrected chi connectivity index (χ2v) is 15.1. The van der Waals surface area contributed by atoms with Crippen LogP contribution in [0.4, 0.5) is 17.3 Å². The Bertz CT molecular complexity index is 3420. The summed E-state index contributed by atoms with van der Waals surface area (Å²) in [6, 6.07) is 68.3. The largest absolute Gasteiger partial charge is 0.278 e. The maximum absolute atomic E-state index is 5.28. The molecule has 0 unspecified atom stereocenters. The Labute approximate surface area is 346 Å². The molecule has 0 radical (unpaired) electrons. The van der Waals surface area contributed by atoms with Crippen molar-refractivity contribution in [1.82, 2.24) is 24.5 Å². The molecule has 11 aromatic rings. The molecule has 12 rings (SSSR count). The molecule has 6 nitrogen and oxygen atoms in total. The fourth-order valence-electron chi connectivity index (χ4n) is 8.95. The van der Waals surface area contributed by atoms with Crippen LogP contribution in [-0.2, 0) is 0 Å². The molecule has 0 fully saturated rings. The van der Waals surface area contributed by atoms with Gasteiger partial charge in [0.2, 0.25) is 11.9 Å². The van der Waals surface area contributed by atoms with Crippen LogP contribution in [0.3, 0.4) is 0 Å². The molecule has 4 heterocycles. The molecule has 6 heteroatoms. The van der Waals surface area contributed by atoms with Crippen molar-refractivity contribution >= 4 is 49.9 Å². The standard InChI is InChI=1S/C54H34N6/c1-5-14-35(15-6-1)39-24-27-48-43(32-39)45-33-44-42-26-25-40(36-16-7-2-8-17-36)41-22-13-23-49(52(41)42)60(54-56-31-29-47(58-54)38-20-11-4-12-21-38)50(44)34-51(45)59(48)53-55-30-28-46(57-53)37-18-9-3-10-19-37/h1-34H. The van der Waals surface area contributed by atoms with Crippen molar-refractivity contribution in [3.05, 3.63) is 207 Å². The van der Waals surface area contributed by atoms with E-state index in [0.29, 0.717) is 11.9 Å². The van der Waals surface area contributed by atoms with Crippen LogP contribution >= 0.6 is 0 Å². The van der Waals surface area contributed by atoms with Crippen LogP contribution in [0.2, 0.25) is 0 Å². The lowest BCUT2D eigenvalue weighted by Crippen LogP contribution is -2.18. The van der Waals surface area contributed by atoms with Crippen LogP contribution in [0.5, 0.6) is 0 Å². The summed E-state index contributed by atoms with van der Waals surface area (Å²) < 4.78 is 2.21. The lowest BCUT2D eigenvalue weighted by Gasteiger charge is -2.32. The van der Waals surface area contributed by atoms with Gasteiger partial charge in [-0.2, -0.15) is 0 Å². The molecule has 0 atom stereocenters. The predicted octanol–water partition coefficient (Wildman–Crippen LogP) is 13.6. The minimum absolute atomic E-state index is 0.594. The van der Waals surface area contributed by atoms with Crippen molar-refractivity contribution in [1.29, 1.82) is 0 Å². The van der Waals surface area contributed by atoms with E-state index in [1.54, 1.807) is 0 Å². The number of anilines is 3. The molecule has 60 heavy (non-hydrogen) atoms. The Morgan fingerprint density at radius 2 is 0.917 bits per heavy atom. The highest BCUT2D eigenvalue weighted by Gasteiger charge is 2.31.